The van der Waals surface area contributed by atoms with Crippen molar-refractivity contribution in [3.05, 3.63) is 29.8 Å². The summed E-state index contributed by atoms with van der Waals surface area (Å²) < 4.78 is 5.06. The Kier molecular flexibility index (Phi) is 2.88. The topological polar surface area (TPSA) is 53.3 Å². The lowest BCUT2D eigenvalue weighted by atomic mass is 10.2. The van der Waals surface area contributed by atoms with Crippen molar-refractivity contribution in [2.75, 3.05) is 18.1 Å². The van der Waals surface area contributed by atoms with Gasteiger partial charge in [-0.2, -0.15) is 5.26 Å². The highest BCUT2D eigenvalue weighted by Gasteiger charge is 2.26. The number of benzene rings is 1. The Labute approximate surface area is 94.0 Å². The normalized spacial score (nSPS) is 20.6. The van der Waals surface area contributed by atoms with Gasteiger partial charge in [0.15, 0.2) is 6.10 Å². The Bertz CT molecular complexity index is 433. The summed E-state index contributed by atoms with van der Waals surface area (Å²) in [6, 6.07) is 9.67. The van der Waals surface area contributed by atoms with Gasteiger partial charge < -0.3 is 9.64 Å². The number of hydrogen-bond donors (Lipinski definition) is 0. The molecule has 1 aliphatic rings. The van der Waals surface area contributed by atoms with E-state index in [0.717, 1.165) is 11.3 Å². The fourth-order valence-corrected chi connectivity index (χ4v) is 1.62. The molecule has 1 aliphatic heterocycles. The molecule has 16 heavy (non-hydrogen) atoms. The van der Waals surface area contributed by atoms with E-state index in [-0.39, 0.29) is 12.5 Å². The van der Waals surface area contributed by atoms with E-state index in [9.17, 15) is 4.79 Å². The van der Waals surface area contributed by atoms with Crippen molar-refractivity contribution < 1.29 is 9.53 Å². The average molecular weight is 216 g/mol. The van der Waals surface area contributed by atoms with E-state index in [1.807, 2.05) is 37.3 Å². The molecule has 0 saturated carbocycles. The van der Waals surface area contributed by atoms with Gasteiger partial charge in [-0.1, -0.05) is 17.7 Å². The summed E-state index contributed by atoms with van der Waals surface area (Å²) in [5.74, 6) is -0.102. The molecular weight excluding hydrogens is 204 g/mol. The number of anilines is 1. The molecule has 1 heterocycles. The van der Waals surface area contributed by atoms with Crippen LogP contribution in [0.4, 0.5) is 5.69 Å². The Balaban J connectivity index is 2.22. The first kappa shape index (κ1) is 10.7. The number of morpholine rings is 1. The minimum absolute atomic E-state index is 0.0217. The highest BCUT2D eigenvalue weighted by Crippen LogP contribution is 2.18. The van der Waals surface area contributed by atoms with Crippen molar-refractivity contribution in [3.63, 3.8) is 0 Å². The van der Waals surface area contributed by atoms with Crippen LogP contribution in [0, 0.1) is 18.3 Å². The van der Waals surface area contributed by atoms with Gasteiger partial charge in [-0.15, -0.1) is 0 Å². The molecule has 0 aromatic heterocycles. The monoisotopic (exact) mass is 216 g/mol. The lowest BCUT2D eigenvalue weighted by Crippen LogP contribution is -2.46. The molecule has 2 rings (SSSR count). The Morgan fingerprint density at radius 2 is 2.12 bits per heavy atom. The molecule has 1 saturated heterocycles. The molecule has 1 aromatic rings. The zero-order valence-corrected chi connectivity index (χ0v) is 9.01. The molecule has 4 heteroatoms. The van der Waals surface area contributed by atoms with E-state index in [1.165, 1.54) is 0 Å². The van der Waals surface area contributed by atoms with Crippen LogP contribution in [-0.2, 0) is 9.53 Å². The van der Waals surface area contributed by atoms with E-state index in [4.69, 9.17) is 10.00 Å². The molecule has 0 spiro atoms. The van der Waals surface area contributed by atoms with Crippen LogP contribution >= 0.6 is 0 Å². The quantitative estimate of drug-likeness (QED) is 0.710. The van der Waals surface area contributed by atoms with Crippen LogP contribution in [0.3, 0.4) is 0 Å². The maximum Gasteiger partial charge on any atom is 0.253 e. The molecule has 0 N–H and O–H groups in total. The summed E-state index contributed by atoms with van der Waals surface area (Å²) in [6.07, 6.45) is -0.529. The molecule has 0 aliphatic carbocycles. The third kappa shape index (κ3) is 2.05. The highest BCUT2D eigenvalue weighted by molar-refractivity contribution is 5.95. The fraction of sp³-hybridized carbons (Fsp3) is 0.333. The first-order valence-electron chi connectivity index (χ1n) is 5.09. The number of nitrogens with zero attached hydrogens (tertiary/aromatic N) is 2. The summed E-state index contributed by atoms with van der Waals surface area (Å²) in [7, 11) is 0. The molecule has 1 fully saturated rings. The van der Waals surface area contributed by atoms with E-state index in [0.29, 0.717) is 6.54 Å². The fourth-order valence-electron chi connectivity index (χ4n) is 1.62. The zero-order valence-electron chi connectivity index (χ0n) is 9.01. The van der Waals surface area contributed by atoms with E-state index >= 15 is 0 Å². The number of ether oxygens (including phenoxy) is 1. The number of hydrogen-bond acceptors (Lipinski definition) is 3. The van der Waals surface area contributed by atoms with Crippen molar-refractivity contribution >= 4 is 11.6 Å². The van der Waals surface area contributed by atoms with Crippen molar-refractivity contribution in [3.8, 4) is 6.07 Å². The second-order valence-corrected chi connectivity index (χ2v) is 3.77. The Morgan fingerprint density at radius 3 is 2.75 bits per heavy atom. The molecule has 1 amide bonds. The predicted octanol–water partition coefficient (Wildman–Crippen LogP) is 1.25. The van der Waals surface area contributed by atoms with Gasteiger partial charge in [0.1, 0.15) is 6.61 Å². The van der Waals surface area contributed by atoms with Crippen molar-refractivity contribution in [2.45, 2.75) is 13.0 Å². The van der Waals surface area contributed by atoms with Gasteiger partial charge in [0.2, 0.25) is 0 Å². The summed E-state index contributed by atoms with van der Waals surface area (Å²) in [5, 5.41) is 8.77. The molecular formula is C12H12N2O2. The number of nitriles is 1. The van der Waals surface area contributed by atoms with Crippen LogP contribution in [0.5, 0.6) is 0 Å². The minimum atomic E-state index is -0.529. The second kappa shape index (κ2) is 4.33. The van der Waals surface area contributed by atoms with Crippen LogP contribution < -0.4 is 4.90 Å². The summed E-state index contributed by atoms with van der Waals surface area (Å²) in [6.45, 7) is 2.27. The van der Waals surface area contributed by atoms with Gasteiger partial charge in [0, 0.05) is 5.69 Å². The summed E-state index contributed by atoms with van der Waals surface area (Å²) in [5.41, 5.74) is 1.96. The van der Waals surface area contributed by atoms with Crippen LogP contribution in [0.2, 0.25) is 0 Å². The molecule has 1 atom stereocenters. The smallest absolute Gasteiger partial charge is 0.253 e. The Hall–Kier alpha value is -1.86. The van der Waals surface area contributed by atoms with Gasteiger partial charge >= 0.3 is 0 Å². The SMILES string of the molecule is Cc1ccc(N2CC(C#N)OCC2=O)cc1. The number of rotatable bonds is 1. The number of amides is 1. The first-order chi connectivity index (χ1) is 7.70. The summed E-state index contributed by atoms with van der Waals surface area (Å²) in [4.78, 5) is 13.2. The zero-order chi connectivity index (χ0) is 11.5. The van der Waals surface area contributed by atoms with E-state index < -0.39 is 6.10 Å². The number of carbonyl (C=O) groups excluding carboxylic acids is 1. The van der Waals surface area contributed by atoms with Gasteiger partial charge in [-0.3, -0.25) is 4.79 Å². The van der Waals surface area contributed by atoms with Gasteiger partial charge in [-0.05, 0) is 19.1 Å². The second-order valence-electron chi connectivity index (χ2n) is 3.77. The number of aryl methyl sites for hydroxylation is 1. The first-order valence-corrected chi connectivity index (χ1v) is 5.09. The third-order valence-corrected chi connectivity index (χ3v) is 2.55. The maximum absolute atomic E-state index is 11.6. The van der Waals surface area contributed by atoms with Crippen LogP contribution in [-0.4, -0.2) is 25.2 Å². The largest absolute Gasteiger partial charge is 0.352 e. The minimum Gasteiger partial charge on any atom is -0.352 e. The molecule has 1 aromatic carbocycles. The molecule has 0 bridgehead atoms. The average Bonchev–Trinajstić information content (AvgIpc) is 2.31. The van der Waals surface area contributed by atoms with Gasteiger partial charge in [0.25, 0.3) is 5.91 Å². The van der Waals surface area contributed by atoms with Crippen LogP contribution in [0.15, 0.2) is 24.3 Å². The third-order valence-electron chi connectivity index (χ3n) is 2.55. The lowest BCUT2D eigenvalue weighted by Gasteiger charge is -2.29. The van der Waals surface area contributed by atoms with Gasteiger partial charge in [0.05, 0.1) is 12.6 Å². The van der Waals surface area contributed by atoms with Crippen LogP contribution in [0.1, 0.15) is 5.56 Å². The van der Waals surface area contributed by atoms with E-state index in [2.05, 4.69) is 0 Å². The highest BCUT2D eigenvalue weighted by atomic mass is 16.5. The summed E-state index contributed by atoms with van der Waals surface area (Å²) >= 11 is 0. The van der Waals surface area contributed by atoms with Crippen molar-refractivity contribution in [1.29, 1.82) is 5.26 Å². The number of carbonyl (C=O) groups is 1. The molecule has 0 radical (unpaired) electrons. The molecule has 82 valence electrons. The molecule has 4 nitrogen and oxygen atoms in total. The lowest BCUT2D eigenvalue weighted by molar-refractivity contribution is -0.127. The standard InChI is InChI=1S/C12H12N2O2/c1-9-2-4-10(5-3-9)14-7-11(6-13)16-8-12(14)15/h2-5,11H,7-8H2,1H3. The van der Waals surface area contributed by atoms with Gasteiger partial charge in [-0.25, -0.2) is 0 Å². The van der Waals surface area contributed by atoms with Crippen molar-refractivity contribution in [2.24, 2.45) is 0 Å². The van der Waals surface area contributed by atoms with E-state index in [1.54, 1.807) is 4.90 Å². The van der Waals surface area contributed by atoms with Crippen molar-refractivity contribution in [1.82, 2.24) is 0 Å². The Morgan fingerprint density at radius 1 is 1.44 bits per heavy atom. The molecule has 1 unspecified atom stereocenters. The predicted molar refractivity (Wildman–Crippen MR) is 58.9 cm³/mol. The van der Waals surface area contributed by atoms with Crippen LogP contribution in [0.25, 0.3) is 0 Å². The maximum atomic E-state index is 11.6.